The number of hydrogen-bond acceptors (Lipinski definition) is 3. The maximum Gasteiger partial charge on any atom is 0.118 e. The molecule has 0 spiro atoms. The highest BCUT2D eigenvalue weighted by molar-refractivity contribution is 5.26. The zero-order valence-electron chi connectivity index (χ0n) is 9.40. The number of ether oxygens (including phenoxy) is 2. The molecule has 0 heterocycles. The van der Waals surface area contributed by atoms with Crippen LogP contribution in [0.2, 0.25) is 0 Å². The second-order valence-electron chi connectivity index (χ2n) is 3.53. The Morgan fingerprint density at radius 2 is 1.93 bits per heavy atom. The van der Waals surface area contributed by atoms with E-state index in [1.807, 2.05) is 24.3 Å². The molecule has 0 radical (unpaired) electrons. The lowest BCUT2D eigenvalue weighted by atomic mass is 10.2. The van der Waals surface area contributed by atoms with Crippen molar-refractivity contribution in [2.24, 2.45) is 5.73 Å². The molecule has 3 nitrogen and oxygen atoms in total. The molecule has 0 aliphatic heterocycles. The van der Waals surface area contributed by atoms with Crippen LogP contribution in [0.25, 0.3) is 0 Å². The summed E-state index contributed by atoms with van der Waals surface area (Å²) in [6.07, 6.45) is 0.947. The molecular weight excluding hydrogens is 190 g/mol. The minimum Gasteiger partial charge on any atom is -0.497 e. The van der Waals surface area contributed by atoms with Crippen molar-refractivity contribution < 1.29 is 9.47 Å². The van der Waals surface area contributed by atoms with Gasteiger partial charge >= 0.3 is 0 Å². The van der Waals surface area contributed by atoms with E-state index in [2.05, 4.69) is 6.92 Å². The van der Waals surface area contributed by atoms with Gasteiger partial charge < -0.3 is 15.2 Å². The molecule has 0 amide bonds. The Morgan fingerprint density at radius 3 is 2.47 bits per heavy atom. The van der Waals surface area contributed by atoms with Crippen LogP contribution >= 0.6 is 0 Å². The van der Waals surface area contributed by atoms with Crippen LogP contribution in [-0.2, 0) is 11.3 Å². The van der Waals surface area contributed by atoms with Crippen LogP contribution in [-0.4, -0.2) is 19.8 Å². The van der Waals surface area contributed by atoms with Gasteiger partial charge in [-0.1, -0.05) is 19.1 Å². The van der Waals surface area contributed by atoms with Crippen LogP contribution in [0, 0.1) is 0 Å². The summed E-state index contributed by atoms with van der Waals surface area (Å²) in [5, 5.41) is 0. The minimum absolute atomic E-state index is 0.142. The smallest absolute Gasteiger partial charge is 0.118 e. The van der Waals surface area contributed by atoms with Crippen LogP contribution in [0.3, 0.4) is 0 Å². The second-order valence-corrected chi connectivity index (χ2v) is 3.53. The molecule has 0 saturated heterocycles. The van der Waals surface area contributed by atoms with E-state index in [-0.39, 0.29) is 6.04 Å². The summed E-state index contributed by atoms with van der Waals surface area (Å²) in [7, 11) is 1.66. The van der Waals surface area contributed by atoms with Gasteiger partial charge in [-0.05, 0) is 24.1 Å². The number of methoxy groups -OCH3 is 1. The molecule has 84 valence electrons. The predicted molar refractivity (Wildman–Crippen MR) is 60.9 cm³/mol. The van der Waals surface area contributed by atoms with Gasteiger partial charge in [0, 0.05) is 6.04 Å². The summed E-state index contributed by atoms with van der Waals surface area (Å²) < 4.78 is 10.5. The van der Waals surface area contributed by atoms with Gasteiger partial charge in [-0.2, -0.15) is 0 Å². The van der Waals surface area contributed by atoms with E-state index in [0.717, 1.165) is 17.7 Å². The van der Waals surface area contributed by atoms with Crippen molar-refractivity contribution in [2.45, 2.75) is 26.0 Å². The fraction of sp³-hybridized carbons (Fsp3) is 0.500. The highest BCUT2D eigenvalue weighted by Crippen LogP contribution is 2.11. The van der Waals surface area contributed by atoms with Crippen LogP contribution in [0.1, 0.15) is 18.9 Å². The third-order valence-corrected chi connectivity index (χ3v) is 2.28. The lowest BCUT2D eigenvalue weighted by molar-refractivity contribution is 0.107. The van der Waals surface area contributed by atoms with E-state index in [1.165, 1.54) is 0 Å². The molecule has 1 aromatic carbocycles. The molecular formula is C12H19NO2. The Morgan fingerprint density at radius 1 is 1.27 bits per heavy atom. The highest BCUT2D eigenvalue weighted by atomic mass is 16.5. The van der Waals surface area contributed by atoms with Crippen molar-refractivity contribution in [2.75, 3.05) is 13.7 Å². The topological polar surface area (TPSA) is 44.5 Å². The van der Waals surface area contributed by atoms with Crippen LogP contribution in [0.15, 0.2) is 24.3 Å². The van der Waals surface area contributed by atoms with Gasteiger partial charge in [-0.25, -0.2) is 0 Å². The van der Waals surface area contributed by atoms with Crippen molar-refractivity contribution in [1.82, 2.24) is 0 Å². The first kappa shape index (κ1) is 12.0. The minimum atomic E-state index is 0.142. The third-order valence-electron chi connectivity index (χ3n) is 2.28. The Labute approximate surface area is 91.2 Å². The molecule has 15 heavy (non-hydrogen) atoms. The van der Waals surface area contributed by atoms with E-state index >= 15 is 0 Å². The summed E-state index contributed by atoms with van der Waals surface area (Å²) >= 11 is 0. The van der Waals surface area contributed by atoms with Crippen molar-refractivity contribution in [3.8, 4) is 5.75 Å². The Hall–Kier alpha value is -1.06. The standard InChI is InChI=1S/C12H19NO2/c1-3-11(13)9-15-8-10-4-6-12(14-2)7-5-10/h4-7,11H,3,8-9,13H2,1-2H3/t11-/m1/s1. The maximum absolute atomic E-state index is 5.74. The van der Waals surface area contributed by atoms with Gasteiger partial charge in [0.1, 0.15) is 5.75 Å². The van der Waals surface area contributed by atoms with Crippen molar-refractivity contribution in [3.05, 3.63) is 29.8 Å². The molecule has 1 atom stereocenters. The molecule has 3 heteroatoms. The summed E-state index contributed by atoms with van der Waals surface area (Å²) in [6, 6.07) is 7.99. The molecule has 0 unspecified atom stereocenters. The first-order valence-electron chi connectivity index (χ1n) is 5.22. The molecule has 0 aliphatic rings. The van der Waals surface area contributed by atoms with Crippen molar-refractivity contribution in [1.29, 1.82) is 0 Å². The monoisotopic (exact) mass is 209 g/mol. The van der Waals surface area contributed by atoms with Gasteiger partial charge in [0.15, 0.2) is 0 Å². The van der Waals surface area contributed by atoms with Gasteiger partial charge in [0.2, 0.25) is 0 Å². The number of nitrogens with two attached hydrogens (primary N) is 1. The third kappa shape index (κ3) is 4.32. The van der Waals surface area contributed by atoms with Crippen LogP contribution in [0.5, 0.6) is 5.75 Å². The second kappa shape index (κ2) is 6.43. The van der Waals surface area contributed by atoms with E-state index < -0.39 is 0 Å². The largest absolute Gasteiger partial charge is 0.497 e. The zero-order chi connectivity index (χ0) is 11.1. The zero-order valence-corrected chi connectivity index (χ0v) is 9.40. The van der Waals surface area contributed by atoms with Crippen molar-refractivity contribution in [3.63, 3.8) is 0 Å². The average Bonchev–Trinajstić information content (AvgIpc) is 2.29. The van der Waals surface area contributed by atoms with E-state index in [1.54, 1.807) is 7.11 Å². The van der Waals surface area contributed by atoms with E-state index in [0.29, 0.717) is 13.2 Å². The van der Waals surface area contributed by atoms with Gasteiger partial charge in [0.25, 0.3) is 0 Å². The fourth-order valence-electron chi connectivity index (χ4n) is 1.17. The predicted octanol–water partition coefficient (Wildman–Crippen LogP) is 1.95. The molecule has 0 aromatic heterocycles. The molecule has 1 rings (SSSR count). The first-order valence-corrected chi connectivity index (χ1v) is 5.22. The molecule has 0 saturated carbocycles. The Bertz CT molecular complexity index is 271. The Balaban J connectivity index is 2.31. The summed E-state index contributed by atoms with van der Waals surface area (Å²) in [5.41, 5.74) is 6.88. The highest BCUT2D eigenvalue weighted by Gasteiger charge is 1.99. The van der Waals surface area contributed by atoms with Gasteiger partial charge in [0.05, 0.1) is 20.3 Å². The summed E-state index contributed by atoms with van der Waals surface area (Å²) in [6.45, 7) is 3.28. The summed E-state index contributed by atoms with van der Waals surface area (Å²) in [5.74, 6) is 0.865. The number of rotatable bonds is 6. The normalized spacial score (nSPS) is 12.5. The molecule has 0 fully saturated rings. The van der Waals surface area contributed by atoms with Crippen LogP contribution < -0.4 is 10.5 Å². The molecule has 0 bridgehead atoms. The number of hydrogen-bond donors (Lipinski definition) is 1. The molecule has 1 aromatic rings. The quantitative estimate of drug-likeness (QED) is 0.778. The van der Waals surface area contributed by atoms with Gasteiger partial charge in [-0.3, -0.25) is 0 Å². The summed E-state index contributed by atoms with van der Waals surface area (Å²) in [4.78, 5) is 0. The first-order chi connectivity index (χ1) is 7.26. The molecule has 0 aliphatic carbocycles. The fourth-order valence-corrected chi connectivity index (χ4v) is 1.17. The Kier molecular flexibility index (Phi) is 5.15. The van der Waals surface area contributed by atoms with Crippen molar-refractivity contribution >= 4 is 0 Å². The lowest BCUT2D eigenvalue weighted by Crippen LogP contribution is -2.24. The SMILES string of the molecule is CC[C@@H](N)COCc1ccc(OC)cc1. The van der Waals surface area contributed by atoms with E-state index in [4.69, 9.17) is 15.2 Å². The lowest BCUT2D eigenvalue weighted by Gasteiger charge is -2.09. The van der Waals surface area contributed by atoms with E-state index in [9.17, 15) is 0 Å². The average molecular weight is 209 g/mol. The number of benzene rings is 1. The van der Waals surface area contributed by atoms with Crippen LogP contribution in [0.4, 0.5) is 0 Å². The maximum atomic E-state index is 5.74. The molecule has 2 N–H and O–H groups in total. The van der Waals surface area contributed by atoms with Gasteiger partial charge in [-0.15, -0.1) is 0 Å².